The first-order valence-corrected chi connectivity index (χ1v) is 3.83. The van der Waals surface area contributed by atoms with E-state index in [4.69, 9.17) is 11.3 Å². The van der Waals surface area contributed by atoms with Gasteiger partial charge in [-0.2, -0.15) is 0 Å². The Labute approximate surface area is 66.6 Å². The maximum atomic E-state index is 7.93. The predicted octanol–water partition coefficient (Wildman–Crippen LogP) is 0.625. The van der Waals surface area contributed by atoms with Crippen molar-refractivity contribution in [3.05, 3.63) is 10.4 Å². The summed E-state index contributed by atoms with van der Waals surface area (Å²) in [5.74, 6) is 0. The molecule has 0 aliphatic heterocycles. The average Bonchev–Trinajstić information content (AvgIpc) is 2.03. The fraction of sp³-hybridized carbons (Fsp3) is 1.00. The Kier molecular flexibility index (Phi) is 8.58. The molecule has 0 aromatic rings. The van der Waals surface area contributed by atoms with Gasteiger partial charge in [0, 0.05) is 11.5 Å². The van der Waals surface area contributed by atoms with E-state index in [2.05, 4.69) is 15.3 Å². The predicted molar refractivity (Wildman–Crippen MR) is 45.2 cm³/mol. The van der Waals surface area contributed by atoms with Gasteiger partial charge in [-0.3, -0.25) is 0 Å². The molecule has 11 heavy (non-hydrogen) atoms. The molecule has 64 valence electrons. The second-order valence-electron chi connectivity index (χ2n) is 2.20. The minimum Gasteiger partial charge on any atom is -0.330 e. The number of rotatable bonds is 7. The van der Waals surface area contributed by atoms with Crippen molar-refractivity contribution in [2.45, 2.75) is 12.8 Å². The van der Waals surface area contributed by atoms with Gasteiger partial charge in [0.05, 0.1) is 0 Å². The first-order chi connectivity index (χ1) is 5.41. The Morgan fingerprint density at radius 1 is 1.36 bits per heavy atom. The quantitative estimate of drug-likeness (QED) is 0.246. The van der Waals surface area contributed by atoms with Crippen molar-refractivity contribution in [1.29, 1.82) is 0 Å². The van der Waals surface area contributed by atoms with Gasteiger partial charge in [0.25, 0.3) is 0 Å². The monoisotopic (exact) mass is 157 g/mol. The zero-order valence-electron chi connectivity index (χ0n) is 6.66. The SMILES string of the molecule is [N-]=[N+]=NCCCNCCCN. The Morgan fingerprint density at radius 3 is 2.73 bits per heavy atom. The maximum Gasteiger partial charge on any atom is 0.0269 e. The molecule has 0 amide bonds. The van der Waals surface area contributed by atoms with Gasteiger partial charge in [0.1, 0.15) is 0 Å². The lowest BCUT2D eigenvalue weighted by Gasteiger charge is -2.00. The van der Waals surface area contributed by atoms with Crippen molar-refractivity contribution in [1.82, 2.24) is 5.32 Å². The van der Waals surface area contributed by atoms with Gasteiger partial charge in [-0.15, -0.1) is 0 Å². The van der Waals surface area contributed by atoms with E-state index < -0.39 is 0 Å². The summed E-state index contributed by atoms with van der Waals surface area (Å²) in [6.07, 6.45) is 1.90. The topological polar surface area (TPSA) is 86.8 Å². The van der Waals surface area contributed by atoms with Crippen LogP contribution in [-0.2, 0) is 0 Å². The molecule has 0 rings (SSSR count). The van der Waals surface area contributed by atoms with E-state index in [-0.39, 0.29) is 0 Å². The van der Waals surface area contributed by atoms with Gasteiger partial charge in [-0.05, 0) is 38.0 Å². The van der Waals surface area contributed by atoms with Crippen molar-refractivity contribution in [3.63, 3.8) is 0 Å². The van der Waals surface area contributed by atoms with Crippen molar-refractivity contribution >= 4 is 0 Å². The van der Waals surface area contributed by atoms with Crippen molar-refractivity contribution in [2.75, 3.05) is 26.2 Å². The number of azide groups is 1. The second-order valence-corrected chi connectivity index (χ2v) is 2.20. The molecule has 0 aliphatic rings. The van der Waals surface area contributed by atoms with Crippen LogP contribution in [0.5, 0.6) is 0 Å². The van der Waals surface area contributed by atoms with Crippen LogP contribution in [0.25, 0.3) is 10.4 Å². The molecule has 0 bridgehead atoms. The largest absolute Gasteiger partial charge is 0.330 e. The van der Waals surface area contributed by atoms with Crippen LogP contribution >= 0.6 is 0 Å². The van der Waals surface area contributed by atoms with Gasteiger partial charge in [-0.1, -0.05) is 5.11 Å². The Bertz CT molecular complexity index is 118. The highest BCUT2D eigenvalue weighted by Crippen LogP contribution is 1.79. The zero-order valence-corrected chi connectivity index (χ0v) is 6.66. The van der Waals surface area contributed by atoms with Crippen LogP contribution in [0.2, 0.25) is 0 Å². The minimum absolute atomic E-state index is 0.576. The van der Waals surface area contributed by atoms with Gasteiger partial charge in [0.15, 0.2) is 0 Å². The van der Waals surface area contributed by atoms with Crippen LogP contribution in [-0.4, -0.2) is 26.2 Å². The summed E-state index contributed by atoms with van der Waals surface area (Å²) in [5, 5.41) is 6.59. The van der Waals surface area contributed by atoms with E-state index in [9.17, 15) is 0 Å². The number of nitrogens with zero attached hydrogens (tertiary/aromatic N) is 3. The standard InChI is InChI=1S/C6H15N5/c7-3-1-4-9-5-2-6-10-11-8/h9H,1-7H2. The second kappa shape index (κ2) is 9.23. The Balaban J connectivity index is 2.84. The molecule has 0 aromatic carbocycles. The van der Waals surface area contributed by atoms with Crippen LogP contribution in [0.15, 0.2) is 5.11 Å². The summed E-state index contributed by atoms with van der Waals surface area (Å²) in [6.45, 7) is 3.15. The number of nitrogens with two attached hydrogens (primary N) is 1. The third-order valence-electron chi connectivity index (χ3n) is 1.23. The molecular formula is C6H15N5. The summed E-state index contributed by atoms with van der Waals surface area (Å²) in [4.78, 5) is 2.65. The highest BCUT2D eigenvalue weighted by Gasteiger charge is 1.85. The van der Waals surface area contributed by atoms with Crippen molar-refractivity contribution in [2.24, 2.45) is 10.8 Å². The lowest BCUT2D eigenvalue weighted by molar-refractivity contribution is 0.631. The fourth-order valence-corrected chi connectivity index (χ4v) is 0.672. The van der Waals surface area contributed by atoms with Crippen molar-refractivity contribution < 1.29 is 0 Å². The van der Waals surface area contributed by atoms with Crippen molar-refractivity contribution in [3.8, 4) is 0 Å². The number of hydrogen-bond acceptors (Lipinski definition) is 3. The van der Waals surface area contributed by atoms with Gasteiger partial charge < -0.3 is 11.1 Å². The normalized spacial score (nSPS) is 9.18. The first kappa shape index (κ1) is 10.2. The molecule has 3 N–H and O–H groups in total. The molecule has 5 nitrogen and oxygen atoms in total. The van der Waals surface area contributed by atoms with E-state index in [0.29, 0.717) is 6.54 Å². The highest BCUT2D eigenvalue weighted by molar-refractivity contribution is 4.51. The van der Waals surface area contributed by atoms with Crippen LogP contribution < -0.4 is 11.1 Å². The average molecular weight is 157 g/mol. The molecule has 5 heteroatoms. The molecule has 0 unspecified atom stereocenters. The van der Waals surface area contributed by atoms with Crippen LogP contribution in [0, 0.1) is 0 Å². The molecule has 0 saturated carbocycles. The third-order valence-corrected chi connectivity index (χ3v) is 1.23. The fourth-order valence-electron chi connectivity index (χ4n) is 0.672. The van der Waals surface area contributed by atoms with Crippen LogP contribution in [0.3, 0.4) is 0 Å². The smallest absolute Gasteiger partial charge is 0.0269 e. The third kappa shape index (κ3) is 9.23. The summed E-state index contributed by atoms with van der Waals surface area (Å²) in [5.41, 5.74) is 13.2. The summed E-state index contributed by atoms with van der Waals surface area (Å²) in [7, 11) is 0. The Morgan fingerprint density at radius 2 is 2.09 bits per heavy atom. The van der Waals surface area contributed by atoms with E-state index in [1.54, 1.807) is 0 Å². The lowest BCUT2D eigenvalue weighted by atomic mass is 10.4. The summed E-state index contributed by atoms with van der Waals surface area (Å²) in [6, 6.07) is 0. The van der Waals surface area contributed by atoms with Gasteiger partial charge in [-0.25, -0.2) is 0 Å². The lowest BCUT2D eigenvalue weighted by Crippen LogP contribution is -2.19. The van der Waals surface area contributed by atoms with Gasteiger partial charge >= 0.3 is 0 Å². The minimum atomic E-state index is 0.576. The van der Waals surface area contributed by atoms with E-state index >= 15 is 0 Å². The van der Waals surface area contributed by atoms with E-state index in [0.717, 1.165) is 32.5 Å². The molecule has 0 aliphatic carbocycles. The van der Waals surface area contributed by atoms with Crippen LogP contribution in [0.4, 0.5) is 0 Å². The maximum absolute atomic E-state index is 7.93. The number of hydrogen-bond donors (Lipinski definition) is 2. The molecule has 0 aromatic heterocycles. The zero-order chi connectivity index (χ0) is 8.36. The molecule has 0 spiro atoms. The molecular weight excluding hydrogens is 142 g/mol. The van der Waals surface area contributed by atoms with Gasteiger partial charge in [0.2, 0.25) is 0 Å². The molecule has 0 fully saturated rings. The molecule has 0 radical (unpaired) electrons. The molecule has 0 heterocycles. The molecule has 0 atom stereocenters. The van der Waals surface area contributed by atoms with E-state index in [1.807, 2.05) is 0 Å². The highest BCUT2D eigenvalue weighted by atomic mass is 15.1. The van der Waals surface area contributed by atoms with Crippen LogP contribution in [0.1, 0.15) is 12.8 Å². The summed E-state index contributed by atoms with van der Waals surface area (Å²) < 4.78 is 0. The Hall–Kier alpha value is -0.770. The molecule has 0 saturated heterocycles. The van der Waals surface area contributed by atoms with E-state index in [1.165, 1.54) is 0 Å². The number of nitrogens with one attached hydrogen (secondary N) is 1. The summed E-state index contributed by atoms with van der Waals surface area (Å²) >= 11 is 0. The first-order valence-electron chi connectivity index (χ1n) is 3.83.